The van der Waals surface area contributed by atoms with Gasteiger partial charge in [0.1, 0.15) is 11.4 Å². The largest absolute Gasteiger partial charge is 0.497 e. The van der Waals surface area contributed by atoms with Gasteiger partial charge in [-0.3, -0.25) is 0 Å². The van der Waals surface area contributed by atoms with Crippen molar-refractivity contribution in [2.75, 3.05) is 7.11 Å². The molecular weight excluding hydrogens is 202 g/mol. The summed E-state index contributed by atoms with van der Waals surface area (Å²) in [5.74, 6) is 0.859. The van der Waals surface area contributed by atoms with Crippen molar-refractivity contribution in [3.05, 3.63) is 30.0 Å². The Bertz CT molecular complexity index is 519. The second kappa shape index (κ2) is 3.63. The summed E-state index contributed by atoms with van der Waals surface area (Å²) in [4.78, 5) is 0. The van der Waals surface area contributed by atoms with Crippen molar-refractivity contribution in [1.29, 1.82) is 0 Å². The van der Waals surface area contributed by atoms with Gasteiger partial charge >= 0.3 is 0 Å². The lowest BCUT2D eigenvalue weighted by atomic mass is 10.1. The molecule has 4 heteroatoms. The molecule has 16 heavy (non-hydrogen) atoms. The summed E-state index contributed by atoms with van der Waals surface area (Å²) in [6, 6.07) is 7.97. The zero-order chi connectivity index (χ0) is 11.0. The zero-order valence-electron chi connectivity index (χ0n) is 9.18. The topological polar surface area (TPSA) is 39.9 Å². The number of ether oxygens (including phenoxy) is 1. The number of rotatable bonds is 2. The van der Waals surface area contributed by atoms with Gasteiger partial charge in [0, 0.05) is 12.1 Å². The van der Waals surface area contributed by atoms with Crippen molar-refractivity contribution in [3.63, 3.8) is 0 Å². The lowest BCUT2D eigenvalue weighted by Crippen LogP contribution is -1.93. The predicted octanol–water partition coefficient (Wildman–Crippen LogP) is 1.90. The van der Waals surface area contributed by atoms with Gasteiger partial charge in [0.25, 0.3) is 0 Å². The molecular formula is C12H13N3O. The van der Waals surface area contributed by atoms with Crippen LogP contribution in [-0.4, -0.2) is 22.1 Å². The fraction of sp³-hybridized carbons (Fsp3) is 0.333. The van der Waals surface area contributed by atoms with Crippen LogP contribution in [0.4, 0.5) is 0 Å². The SMILES string of the molecule is COc1cccc(-c2nnn3c2CCC3)c1. The molecule has 3 rings (SSSR count). The van der Waals surface area contributed by atoms with Crippen molar-refractivity contribution < 1.29 is 4.74 Å². The van der Waals surface area contributed by atoms with E-state index in [1.807, 2.05) is 28.9 Å². The average Bonchev–Trinajstić information content (AvgIpc) is 2.90. The predicted molar refractivity (Wildman–Crippen MR) is 60.3 cm³/mol. The van der Waals surface area contributed by atoms with Gasteiger partial charge in [-0.05, 0) is 25.0 Å². The molecule has 1 aliphatic rings. The highest BCUT2D eigenvalue weighted by atomic mass is 16.5. The number of benzene rings is 1. The van der Waals surface area contributed by atoms with Crippen LogP contribution in [0.15, 0.2) is 24.3 Å². The Morgan fingerprint density at radius 1 is 1.38 bits per heavy atom. The Hall–Kier alpha value is -1.84. The van der Waals surface area contributed by atoms with Gasteiger partial charge in [0.05, 0.1) is 12.8 Å². The quantitative estimate of drug-likeness (QED) is 0.768. The molecule has 0 saturated heterocycles. The van der Waals surface area contributed by atoms with Gasteiger partial charge in [-0.1, -0.05) is 17.3 Å². The molecule has 0 atom stereocenters. The first kappa shape index (κ1) is 9.39. The summed E-state index contributed by atoms with van der Waals surface area (Å²) in [7, 11) is 1.68. The van der Waals surface area contributed by atoms with Gasteiger partial charge in [-0.25, -0.2) is 4.68 Å². The van der Waals surface area contributed by atoms with E-state index in [9.17, 15) is 0 Å². The molecule has 0 N–H and O–H groups in total. The molecule has 0 amide bonds. The Labute approximate surface area is 93.9 Å². The molecule has 2 heterocycles. The van der Waals surface area contributed by atoms with Gasteiger partial charge in [0.2, 0.25) is 0 Å². The minimum atomic E-state index is 0.859. The Kier molecular flexibility index (Phi) is 2.13. The molecule has 1 aromatic heterocycles. The smallest absolute Gasteiger partial charge is 0.119 e. The first-order valence-corrected chi connectivity index (χ1v) is 5.45. The maximum Gasteiger partial charge on any atom is 0.119 e. The highest BCUT2D eigenvalue weighted by molar-refractivity contribution is 5.63. The minimum Gasteiger partial charge on any atom is -0.497 e. The van der Waals surface area contributed by atoms with Crippen LogP contribution >= 0.6 is 0 Å². The van der Waals surface area contributed by atoms with Crippen molar-refractivity contribution >= 4 is 0 Å². The highest BCUT2D eigenvalue weighted by Gasteiger charge is 2.19. The zero-order valence-corrected chi connectivity index (χ0v) is 9.18. The van der Waals surface area contributed by atoms with Gasteiger partial charge in [-0.15, -0.1) is 5.10 Å². The average molecular weight is 215 g/mol. The molecule has 1 aromatic carbocycles. The Morgan fingerprint density at radius 2 is 2.31 bits per heavy atom. The van der Waals surface area contributed by atoms with Crippen LogP contribution in [0.25, 0.3) is 11.3 Å². The van der Waals surface area contributed by atoms with Crippen molar-refractivity contribution in [1.82, 2.24) is 15.0 Å². The van der Waals surface area contributed by atoms with E-state index in [4.69, 9.17) is 4.74 Å². The summed E-state index contributed by atoms with van der Waals surface area (Å²) in [5, 5.41) is 8.40. The summed E-state index contributed by atoms with van der Waals surface area (Å²) >= 11 is 0. The van der Waals surface area contributed by atoms with Crippen LogP contribution in [0, 0.1) is 0 Å². The normalized spacial score (nSPS) is 13.8. The Balaban J connectivity index is 2.08. The van der Waals surface area contributed by atoms with E-state index in [1.165, 1.54) is 12.1 Å². The van der Waals surface area contributed by atoms with Crippen molar-refractivity contribution in [2.45, 2.75) is 19.4 Å². The minimum absolute atomic E-state index is 0.859. The van der Waals surface area contributed by atoms with E-state index >= 15 is 0 Å². The van der Waals surface area contributed by atoms with E-state index in [2.05, 4.69) is 10.3 Å². The molecule has 0 radical (unpaired) electrons. The Morgan fingerprint density at radius 3 is 3.19 bits per heavy atom. The van der Waals surface area contributed by atoms with Gasteiger partial charge in [-0.2, -0.15) is 0 Å². The fourth-order valence-corrected chi connectivity index (χ4v) is 2.15. The molecule has 0 spiro atoms. The fourth-order valence-electron chi connectivity index (χ4n) is 2.15. The lowest BCUT2D eigenvalue weighted by molar-refractivity contribution is 0.415. The van der Waals surface area contributed by atoms with E-state index < -0.39 is 0 Å². The monoisotopic (exact) mass is 215 g/mol. The van der Waals surface area contributed by atoms with Crippen molar-refractivity contribution in [3.8, 4) is 17.0 Å². The van der Waals surface area contributed by atoms with Crippen molar-refractivity contribution in [2.24, 2.45) is 0 Å². The molecule has 0 fully saturated rings. The molecule has 4 nitrogen and oxygen atoms in total. The van der Waals surface area contributed by atoms with E-state index in [-0.39, 0.29) is 0 Å². The summed E-state index contributed by atoms with van der Waals surface area (Å²) in [6.07, 6.45) is 2.24. The molecule has 0 unspecified atom stereocenters. The molecule has 0 bridgehead atoms. The maximum absolute atomic E-state index is 5.22. The molecule has 1 aliphatic heterocycles. The van der Waals surface area contributed by atoms with E-state index in [0.29, 0.717) is 0 Å². The van der Waals surface area contributed by atoms with E-state index in [1.54, 1.807) is 7.11 Å². The van der Waals surface area contributed by atoms with Gasteiger partial charge < -0.3 is 4.74 Å². The summed E-state index contributed by atoms with van der Waals surface area (Å²) in [5.41, 5.74) is 3.33. The molecule has 82 valence electrons. The number of aryl methyl sites for hydroxylation is 1. The third-order valence-corrected chi connectivity index (χ3v) is 2.96. The van der Waals surface area contributed by atoms with Crippen LogP contribution in [0.3, 0.4) is 0 Å². The van der Waals surface area contributed by atoms with Crippen LogP contribution in [0.2, 0.25) is 0 Å². The first-order chi connectivity index (χ1) is 7.88. The second-order valence-corrected chi connectivity index (χ2v) is 3.94. The molecule has 0 aliphatic carbocycles. The third kappa shape index (κ3) is 1.38. The number of aromatic nitrogens is 3. The van der Waals surface area contributed by atoms with Gasteiger partial charge in [0.15, 0.2) is 0 Å². The number of hydrogen-bond acceptors (Lipinski definition) is 3. The summed E-state index contributed by atoms with van der Waals surface area (Å²) in [6.45, 7) is 0.992. The van der Waals surface area contributed by atoms with E-state index in [0.717, 1.165) is 30.0 Å². The van der Waals surface area contributed by atoms with Crippen LogP contribution < -0.4 is 4.74 Å². The second-order valence-electron chi connectivity index (χ2n) is 3.94. The number of nitrogens with zero attached hydrogens (tertiary/aromatic N) is 3. The number of methoxy groups -OCH3 is 1. The van der Waals surface area contributed by atoms with Crippen LogP contribution in [0.5, 0.6) is 5.75 Å². The maximum atomic E-state index is 5.22. The number of fused-ring (bicyclic) bond motifs is 1. The van der Waals surface area contributed by atoms with Crippen LogP contribution in [-0.2, 0) is 13.0 Å². The standard InChI is InChI=1S/C12H13N3O/c1-16-10-5-2-4-9(8-10)12-11-6-3-7-15(11)14-13-12/h2,4-5,8H,3,6-7H2,1H3. The lowest BCUT2D eigenvalue weighted by Gasteiger charge is -2.02. The summed E-state index contributed by atoms with van der Waals surface area (Å²) < 4.78 is 7.21. The van der Waals surface area contributed by atoms with Crippen LogP contribution in [0.1, 0.15) is 12.1 Å². The molecule has 2 aromatic rings. The highest BCUT2D eigenvalue weighted by Crippen LogP contribution is 2.28. The first-order valence-electron chi connectivity index (χ1n) is 5.45. The third-order valence-electron chi connectivity index (χ3n) is 2.96. The molecule has 0 saturated carbocycles. The number of hydrogen-bond donors (Lipinski definition) is 0.